The van der Waals surface area contributed by atoms with E-state index in [1.165, 1.54) is 13.2 Å². The summed E-state index contributed by atoms with van der Waals surface area (Å²) in [4.78, 5) is 6.49. The van der Waals surface area contributed by atoms with Gasteiger partial charge in [-0.25, -0.2) is 9.37 Å². The Morgan fingerprint density at radius 3 is 2.77 bits per heavy atom. The van der Waals surface area contributed by atoms with E-state index in [1.807, 2.05) is 12.1 Å². The van der Waals surface area contributed by atoms with Crippen LogP contribution in [-0.4, -0.2) is 38.3 Å². The Labute approximate surface area is 128 Å². The number of piperazine rings is 1. The molecule has 0 amide bonds. The predicted octanol–water partition coefficient (Wildman–Crippen LogP) is 2.43. The number of halogens is 1. The van der Waals surface area contributed by atoms with E-state index in [0.29, 0.717) is 11.6 Å². The number of nitrogens with one attached hydrogen (secondary N) is 1. The number of anilines is 1. The highest BCUT2D eigenvalue weighted by Crippen LogP contribution is 2.36. The monoisotopic (exact) mass is 303 g/mol. The summed E-state index contributed by atoms with van der Waals surface area (Å²) in [5, 5.41) is 3.31. The maximum absolute atomic E-state index is 13.8. The number of nitrogens with zero attached hydrogens (tertiary/aromatic N) is 2. The zero-order valence-electron chi connectivity index (χ0n) is 12.4. The molecule has 22 heavy (non-hydrogen) atoms. The summed E-state index contributed by atoms with van der Waals surface area (Å²) in [7, 11) is 1.42. The summed E-state index contributed by atoms with van der Waals surface area (Å²) in [6.45, 7) is 3.58. The van der Waals surface area contributed by atoms with Crippen molar-refractivity contribution in [3.63, 3.8) is 0 Å². The molecule has 1 fully saturated rings. The molecular weight excluding hydrogens is 285 g/mol. The van der Waals surface area contributed by atoms with E-state index in [0.717, 1.165) is 31.9 Å². The minimum absolute atomic E-state index is 0.0828. The van der Waals surface area contributed by atoms with Crippen LogP contribution in [0.1, 0.15) is 0 Å². The van der Waals surface area contributed by atoms with Gasteiger partial charge in [-0.1, -0.05) is 6.07 Å². The second kappa shape index (κ2) is 6.62. The highest BCUT2D eigenvalue weighted by Gasteiger charge is 2.18. The number of benzene rings is 1. The molecule has 3 rings (SSSR count). The van der Waals surface area contributed by atoms with Crippen LogP contribution in [0.3, 0.4) is 0 Å². The van der Waals surface area contributed by atoms with Crippen LogP contribution in [0.25, 0.3) is 0 Å². The molecule has 1 aromatic carbocycles. The second-order valence-corrected chi connectivity index (χ2v) is 4.94. The van der Waals surface area contributed by atoms with Gasteiger partial charge in [-0.2, -0.15) is 0 Å². The first kappa shape index (κ1) is 14.6. The minimum atomic E-state index is -0.459. The Morgan fingerprint density at radius 2 is 2.00 bits per heavy atom. The fraction of sp³-hybridized carbons (Fsp3) is 0.312. The van der Waals surface area contributed by atoms with E-state index < -0.39 is 5.82 Å². The van der Waals surface area contributed by atoms with E-state index in [-0.39, 0.29) is 5.75 Å². The molecule has 0 bridgehead atoms. The smallest absolute Gasteiger partial charge is 0.243 e. The van der Waals surface area contributed by atoms with Crippen LogP contribution in [0.15, 0.2) is 36.5 Å². The van der Waals surface area contributed by atoms with Crippen molar-refractivity contribution in [2.24, 2.45) is 0 Å². The molecule has 2 aromatic rings. The van der Waals surface area contributed by atoms with Crippen LogP contribution in [0, 0.1) is 5.82 Å². The van der Waals surface area contributed by atoms with Crippen LogP contribution < -0.4 is 19.7 Å². The van der Waals surface area contributed by atoms with Crippen molar-refractivity contribution in [2.75, 3.05) is 38.2 Å². The molecule has 0 aliphatic carbocycles. The molecule has 0 unspecified atom stereocenters. The van der Waals surface area contributed by atoms with Crippen LogP contribution in [-0.2, 0) is 0 Å². The van der Waals surface area contributed by atoms with Crippen molar-refractivity contribution < 1.29 is 13.9 Å². The first-order valence-corrected chi connectivity index (χ1v) is 7.20. The van der Waals surface area contributed by atoms with Crippen LogP contribution in [0.5, 0.6) is 17.4 Å². The van der Waals surface area contributed by atoms with Gasteiger partial charge in [0.1, 0.15) is 5.69 Å². The maximum Gasteiger partial charge on any atom is 0.243 e. The number of aromatic nitrogens is 1. The van der Waals surface area contributed by atoms with Crippen molar-refractivity contribution in [3.8, 4) is 17.4 Å². The summed E-state index contributed by atoms with van der Waals surface area (Å²) >= 11 is 0. The zero-order valence-corrected chi connectivity index (χ0v) is 12.4. The van der Waals surface area contributed by atoms with E-state index in [2.05, 4.69) is 15.2 Å². The van der Waals surface area contributed by atoms with Crippen molar-refractivity contribution in [3.05, 3.63) is 42.3 Å². The Hall–Kier alpha value is -2.34. The third kappa shape index (κ3) is 2.96. The standard InChI is InChI=1S/C16H18FN3O2/c1-21-15-12(17)4-2-6-14(15)22-16-13(5-3-7-19-16)20-10-8-18-9-11-20/h2-7,18H,8-11H2,1H3. The topological polar surface area (TPSA) is 46.6 Å². The number of methoxy groups -OCH3 is 1. The van der Waals surface area contributed by atoms with Crippen molar-refractivity contribution >= 4 is 5.69 Å². The van der Waals surface area contributed by atoms with Gasteiger partial charge in [0.25, 0.3) is 0 Å². The Kier molecular flexibility index (Phi) is 4.39. The summed E-state index contributed by atoms with van der Waals surface area (Å²) in [6, 6.07) is 8.41. The first-order valence-electron chi connectivity index (χ1n) is 7.20. The molecule has 6 heteroatoms. The van der Waals surface area contributed by atoms with Gasteiger partial charge in [0.15, 0.2) is 17.3 Å². The highest BCUT2D eigenvalue weighted by molar-refractivity contribution is 5.57. The molecule has 1 N–H and O–H groups in total. The molecule has 1 aliphatic heterocycles. The third-order valence-corrected chi connectivity index (χ3v) is 3.55. The molecule has 1 aliphatic rings. The lowest BCUT2D eigenvalue weighted by molar-refractivity contribution is 0.352. The number of hydrogen-bond acceptors (Lipinski definition) is 5. The van der Waals surface area contributed by atoms with Gasteiger partial charge in [0, 0.05) is 32.4 Å². The zero-order chi connectivity index (χ0) is 15.4. The molecule has 0 radical (unpaired) electrons. The minimum Gasteiger partial charge on any atom is -0.490 e. The van der Waals surface area contributed by atoms with Gasteiger partial charge in [-0.15, -0.1) is 0 Å². The van der Waals surface area contributed by atoms with E-state index in [4.69, 9.17) is 9.47 Å². The number of ether oxygens (including phenoxy) is 2. The van der Waals surface area contributed by atoms with E-state index >= 15 is 0 Å². The Balaban J connectivity index is 1.91. The third-order valence-electron chi connectivity index (χ3n) is 3.55. The lowest BCUT2D eigenvalue weighted by Crippen LogP contribution is -2.43. The highest BCUT2D eigenvalue weighted by atomic mass is 19.1. The lowest BCUT2D eigenvalue weighted by Gasteiger charge is -2.30. The van der Waals surface area contributed by atoms with E-state index in [1.54, 1.807) is 18.3 Å². The summed E-state index contributed by atoms with van der Waals surface area (Å²) in [5.74, 6) is 0.393. The molecule has 5 nitrogen and oxygen atoms in total. The van der Waals surface area contributed by atoms with Gasteiger partial charge in [0.05, 0.1) is 7.11 Å². The van der Waals surface area contributed by atoms with Crippen LogP contribution >= 0.6 is 0 Å². The largest absolute Gasteiger partial charge is 0.490 e. The quantitative estimate of drug-likeness (QED) is 0.940. The summed E-state index contributed by atoms with van der Waals surface area (Å²) in [6.07, 6.45) is 1.66. The van der Waals surface area contributed by atoms with Crippen LogP contribution in [0.2, 0.25) is 0 Å². The van der Waals surface area contributed by atoms with Crippen LogP contribution in [0.4, 0.5) is 10.1 Å². The van der Waals surface area contributed by atoms with Gasteiger partial charge in [-0.3, -0.25) is 0 Å². The fourth-order valence-corrected chi connectivity index (χ4v) is 2.48. The summed E-state index contributed by atoms with van der Waals surface area (Å²) in [5.41, 5.74) is 0.898. The SMILES string of the molecule is COc1c(F)cccc1Oc1ncccc1N1CCNCC1. The van der Waals surface area contributed by atoms with Gasteiger partial charge < -0.3 is 19.7 Å². The fourth-order valence-electron chi connectivity index (χ4n) is 2.48. The number of pyridine rings is 1. The molecule has 0 saturated carbocycles. The van der Waals surface area contributed by atoms with Gasteiger partial charge in [0.2, 0.25) is 5.88 Å². The van der Waals surface area contributed by atoms with Crippen molar-refractivity contribution in [2.45, 2.75) is 0 Å². The summed E-state index contributed by atoms with van der Waals surface area (Å²) < 4.78 is 24.7. The predicted molar refractivity (Wildman–Crippen MR) is 82.3 cm³/mol. The molecular formula is C16H18FN3O2. The normalized spacial score (nSPS) is 14.7. The molecule has 2 heterocycles. The Morgan fingerprint density at radius 1 is 1.18 bits per heavy atom. The van der Waals surface area contributed by atoms with Crippen molar-refractivity contribution in [1.82, 2.24) is 10.3 Å². The number of para-hydroxylation sites is 1. The second-order valence-electron chi connectivity index (χ2n) is 4.94. The van der Waals surface area contributed by atoms with Crippen molar-refractivity contribution in [1.29, 1.82) is 0 Å². The average molecular weight is 303 g/mol. The first-order chi connectivity index (χ1) is 10.8. The lowest BCUT2D eigenvalue weighted by atomic mass is 10.3. The molecule has 0 spiro atoms. The molecule has 1 aromatic heterocycles. The average Bonchev–Trinajstić information content (AvgIpc) is 2.56. The van der Waals surface area contributed by atoms with Gasteiger partial charge >= 0.3 is 0 Å². The maximum atomic E-state index is 13.8. The van der Waals surface area contributed by atoms with Gasteiger partial charge in [-0.05, 0) is 24.3 Å². The Bertz CT molecular complexity index is 645. The number of rotatable bonds is 4. The van der Waals surface area contributed by atoms with E-state index in [9.17, 15) is 4.39 Å². The molecule has 116 valence electrons. The molecule has 0 atom stereocenters. The number of hydrogen-bond donors (Lipinski definition) is 1. The molecule has 1 saturated heterocycles.